The summed E-state index contributed by atoms with van der Waals surface area (Å²) in [7, 11) is 0. The van der Waals surface area contributed by atoms with Crippen LogP contribution in [0, 0.1) is 25.7 Å². The predicted octanol–water partition coefficient (Wildman–Crippen LogP) is 5.69. The normalized spacial score (nSPS) is 18.9. The van der Waals surface area contributed by atoms with Crippen LogP contribution in [0.1, 0.15) is 66.2 Å². The van der Waals surface area contributed by atoms with Gasteiger partial charge >= 0.3 is 5.97 Å². The molecular weight excluding hydrogens is 490 g/mol. The zero-order valence-corrected chi connectivity index (χ0v) is 23.3. The molecule has 0 bridgehead atoms. The minimum Gasteiger partial charge on any atom is -0.479 e. The smallest absolute Gasteiger partial charge is 0.337 e. The molecule has 1 aromatic heterocycles. The number of pyridine rings is 1. The molecule has 2 aliphatic rings. The van der Waals surface area contributed by atoms with Gasteiger partial charge in [0.1, 0.15) is 0 Å². The summed E-state index contributed by atoms with van der Waals surface area (Å²) in [6, 6.07) is 17.3. The van der Waals surface area contributed by atoms with Crippen LogP contribution in [0.5, 0.6) is 0 Å². The molecule has 204 valence electrons. The van der Waals surface area contributed by atoms with E-state index >= 15 is 0 Å². The molecule has 3 aromatic rings. The Morgan fingerprint density at radius 2 is 1.67 bits per heavy atom. The van der Waals surface area contributed by atoms with Gasteiger partial charge in [0.25, 0.3) is 5.91 Å². The molecule has 0 radical (unpaired) electrons. The average Bonchev–Trinajstić information content (AvgIpc) is 3.50. The predicted molar refractivity (Wildman–Crippen MR) is 152 cm³/mol. The van der Waals surface area contributed by atoms with Crippen LogP contribution >= 0.6 is 0 Å². The van der Waals surface area contributed by atoms with Crippen molar-refractivity contribution in [1.82, 2.24) is 10.3 Å². The Bertz CT molecular complexity index is 1370. The minimum absolute atomic E-state index is 0.144. The molecule has 1 aliphatic carbocycles. The zero-order valence-electron chi connectivity index (χ0n) is 23.3. The summed E-state index contributed by atoms with van der Waals surface area (Å²) >= 11 is 0. The van der Waals surface area contributed by atoms with Crippen molar-refractivity contribution in [2.24, 2.45) is 11.8 Å². The number of fused-ring (bicyclic) bond motifs is 1. The number of aliphatic carboxylic acids is 1. The van der Waals surface area contributed by atoms with Crippen molar-refractivity contribution in [1.29, 1.82) is 0 Å². The van der Waals surface area contributed by atoms with Gasteiger partial charge in [0, 0.05) is 47.7 Å². The van der Waals surface area contributed by atoms with Gasteiger partial charge in [0.15, 0.2) is 6.10 Å². The highest BCUT2D eigenvalue weighted by molar-refractivity contribution is 5.95. The molecule has 1 saturated heterocycles. The maximum Gasteiger partial charge on any atom is 0.337 e. The van der Waals surface area contributed by atoms with Gasteiger partial charge in [-0.1, -0.05) is 42.5 Å². The topological polar surface area (TPSA) is 91.8 Å². The Kier molecular flexibility index (Phi) is 7.21. The Hall–Kier alpha value is -3.71. The molecule has 7 nitrogen and oxygen atoms in total. The monoisotopic (exact) mass is 527 g/mol. The highest BCUT2D eigenvalue weighted by Gasteiger charge is 2.47. The number of anilines is 1. The summed E-state index contributed by atoms with van der Waals surface area (Å²) in [5, 5.41) is 13.3. The molecule has 2 heterocycles. The molecular formula is C32H37N3O4. The lowest BCUT2D eigenvalue weighted by atomic mass is 9.93. The number of carbonyl (C=O) groups excluding carboxylic acids is 1. The molecule has 2 aromatic carbocycles. The number of hydrogen-bond donors (Lipinski definition) is 2. The number of carboxylic acid groups (broad SMARTS) is 1. The number of rotatable bonds is 8. The van der Waals surface area contributed by atoms with E-state index in [1.807, 2.05) is 89.2 Å². The summed E-state index contributed by atoms with van der Waals surface area (Å²) in [6.45, 7) is 11.7. The number of carbonyl (C=O) groups is 2. The van der Waals surface area contributed by atoms with Crippen molar-refractivity contribution in [2.45, 2.75) is 59.3 Å². The van der Waals surface area contributed by atoms with E-state index in [-0.39, 0.29) is 5.91 Å². The van der Waals surface area contributed by atoms with Gasteiger partial charge in [-0.15, -0.1) is 0 Å². The first-order valence-corrected chi connectivity index (χ1v) is 13.6. The molecule has 39 heavy (non-hydrogen) atoms. The lowest BCUT2D eigenvalue weighted by Crippen LogP contribution is -2.31. The summed E-state index contributed by atoms with van der Waals surface area (Å²) in [6.07, 6.45) is 0.0875. The highest BCUT2D eigenvalue weighted by Crippen LogP contribution is 2.51. The van der Waals surface area contributed by atoms with Crippen LogP contribution in [-0.4, -0.2) is 40.7 Å². The molecule has 5 rings (SSSR count). The van der Waals surface area contributed by atoms with Crippen LogP contribution in [0.3, 0.4) is 0 Å². The van der Waals surface area contributed by atoms with Gasteiger partial charge in [0.2, 0.25) is 0 Å². The molecule has 1 aliphatic heterocycles. The standard InChI is InChI=1S/C32H37N3O4/c1-19-26(22-11-13-23(14-12-22)30(36)33-16-21-9-7-6-8-10-21)28(35-17-24-15-25(24)18-35)27(20(2)34-19)29(31(37)38)39-32(3,4)5/h6-14,24-25,29H,15-18H2,1-5H3,(H,33,36)(H,37,38)/t24?,25?,29-/m0/s1. The number of nitrogens with one attached hydrogen (secondary N) is 1. The molecule has 1 saturated carbocycles. The quantitative estimate of drug-likeness (QED) is 0.391. The number of carboxylic acids is 1. The first-order valence-electron chi connectivity index (χ1n) is 13.6. The SMILES string of the molecule is Cc1nc(C)c([C@H](OC(C)(C)C)C(=O)O)c(N2CC3CC3C2)c1-c1ccc(C(=O)NCc2ccccc2)cc1. The van der Waals surface area contributed by atoms with E-state index in [1.54, 1.807) is 0 Å². The van der Waals surface area contributed by atoms with Crippen molar-refractivity contribution in [3.05, 3.63) is 82.7 Å². The summed E-state index contributed by atoms with van der Waals surface area (Å²) in [5.41, 5.74) is 5.75. The van der Waals surface area contributed by atoms with Gasteiger partial charge in [-0.3, -0.25) is 9.78 Å². The van der Waals surface area contributed by atoms with Crippen molar-refractivity contribution in [2.75, 3.05) is 18.0 Å². The Labute approximate surface area is 230 Å². The van der Waals surface area contributed by atoms with E-state index < -0.39 is 17.7 Å². The third-order valence-corrected chi connectivity index (χ3v) is 7.56. The van der Waals surface area contributed by atoms with Crippen LogP contribution in [0.25, 0.3) is 11.1 Å². The number of aryl methyl sites for hydroxylation is 2. The number of amides is 1. The zero-order chi connectivity index (χ0) is 27.9. The van der Waals surface area contributed by atoms with Crippen molar-refractivity contribution in [3.8, 4) is 11.1 Å². The molecule has 1 amide bonds. The van der Waals surface area contributed by atoms with E-state index in [0.29, 0.717) is 35.2 Å². The first kappa shape index (κ1) is 26.9. The Morgan fingerprint density at radius 3 is 2.26 bits per heavy atom. The van der Waals surface area contributed by atoms with Gasteiger partial charge in [-0.05, 0) is 76.1 Å². The molecule has 7 heteroatoms. The molecule has 0 spiro atoms. The number of aromatic nitrogens is 1. The van der Waals surface area contributed by atoms with Crippen LogP contribution < -0.4 is 10.2 Å². The Balaban J connectivity index is 1.53. The van der Waals surface area contributed by atoms with Crippen molar-refractivity contribution in [3.63, 3.8) is 0 Å². The van der Waals surface area contributed by atoms with E-state index in [1.165, 1.54) is 6.42 Å². The summed E-state index contributed by atoms with van der Waals surface area (Å²) < 4.78 is 6.13. The van der Waals surface area contributed by atoms with Crippen LogP contribution in [0.4, 0.5) is 5.69 Å². The van der Waals surface area contributed by atoms with Gasteiger partial charge in [0.05, 0.1) is 11.3 Å². The first-order chi connectivity index (χ1) is 18.5. The van der Waals surface area contributed by atoms with E-state index in [9.17, 15) is 14.7 Å². The van der Waals surface area contributed by atoms with Crippen LogP contribution in [0.2, 0.25) is 0 Å². The van der Waals surface area contributed by atoms with E-state index in [2.05, 4.69) is 10.2 Å². The number of ether oxygens (including phenoxy) is 1. The number of benzene rings is 2. The lowest BCUT2D eigenvalue weighted by Gasteiger charge is -2.33. The second kappa shape index (κ2) is 10.5. The fraction of sp³-hybridized carbons (Fsp3) is 0.406. The van der Waals surface area contributed by atoms with E-state index in [0.717, 1.165) is 41.2 Å². The minimum atomic E-state index is -1.15. The maximum atomic E-state index is 12.8. The third-order valence-electron chi connectivity index (χ3n) is 7.56. The van der Waals surface area contributed by atoms with Crippen LogP contribution in [-0.2, 0) is 16.1 Å². The average molecular weight is 528 g/mol. The summed E-state index contributed by atoms with van der Waals surface area (Å²) in [4.78, 5) is 32.5. The number of piperidine rings is 1. The summed E-state index contributed by atoms with van der Waals surface area (Å²) in [5.74, 6) is 0.138. The molecule has 2 unspecified atom stereocenters. The number of nitrogens with zero attached hydrogens (tertiary/aromatic N) is 2. The van der Waals surface area contributed by atoms with E-state index in [4.69, 9.17) is 9.72 Å². The van der Waals surface area contributed by atoms with Crippen molar-refractivity contribution < 1.29 is 19.4 Å². The fourth-order valence-electron chi connectivity index (χ4n) is 5.67. The molecule has 2 N–H and O–H groups in total. The fourth-order valence-corrected chi connectivity index (χ4v) is 5.67. The van der Waals surface area contributed by atoms with Crippen molar-refractivity contribution >= 4 is 17.6 Å². The number of hydrogen-bond acceptors (Lipinski definition) is 5. The molecule has 3 atom stereocenters. The maximum absolute atomic E-state index is 12.8. The third kappa shape index (κ3) is 5.83. The Morgan fingerprint density at radius 1 is 1.03 bits per heavy atom. The second-order valence-electron chi connectivity index (χ2n) is 11.8. The largest absolute Gasteiger partial charge is 0.479 e. The van der Waals surface area contributed by atoms with Gasteiger partial charge in [-0.25, -0.2) is 4.79 Å². The highest BCUT2D eigenvalue weighted by atomic mass is 16.5. The lowest BCUT2D eigenvalue weighted by molar-refractivity contribution is -0.160. The van der Waals surface area contributed by atoms with Gasteiger partial charge < -0.3 is 20.1 Å². The molecule has 2 fully saturated rings. The second-order valence-corrected chi connectivity index (χ2v) is 11.8. The van der Waals surface area contributed by atoms with Gasteiger partial charge in [-0.2, -0.15) is 0 Å². The van der Waals surface area contributed by atoms with Crippen LogP contribution in [0.15, 0.2) is 54.6 Å².